The zero-order chi connectivity index (χ0) is 19.3. The molecule has 0 spiro atoms. The van der Waals surface area contributed by atoms with E-state index in [1.165, 1.54) is 25.0 Å². The zero-order valence-corrected chi connectivity index (χ0v) is 15.6. The van der Waals surface area contributed by atoms with E-state index in [9.17, 15) is 9.18 Å². The lowest BCUT2D eigenvalue weighted by Crippen LogP contribution is -2.22. The van der Waals surface area contributed by atoms with Gasteiger partial charge in [-0.15, -0.1) is 0 Å². The van der Waals surface area contributed by atoms with Crippen molar-refractivity contribution in [2.75, 3.05) is 18.0 Å². The van der Waals surface area contributed by atoms with Crippen LogP contribution in [-0.4, -0.2) is 24.0 Å². The molecule has 5 heteroatoms. The second kappa shape index (κ2) is 8.21. The molecule has 0 bridgehead atoms. The highest BCUT2D eigenvalue weighted by atomic mass is 19.1. The number of pyridine rings is 1. The third-order valence-electron chi connectivity index (χ3n) is 5.00. The molecule has 1 aliphatic rings. The summed E-state index contributed by atoms with van der Waals surface area (Å²) in [5.41, 5.74) is 3.38. The largest absolute Gasteiger partial charge is 0.357 e. The van der Waals surface area contributed by atoms with E-state index < -0.39 is 0 Å². The Bertz CT molecular complexity index is 948. The maximum absolute atomic E-state index is 13.0. The van der Waals surface area contributed by atoms with Gasteiger partial charge in [-0.1, -0.05) is 24.3 Å². The standard InChI is InChI=1S/C23H22FN3O/c24-21-9-6-17(7-10-21)15-26-23(28)19-5-3-4-18(14-19)20-8-11-22(25-16-20)27-12-1-2-13-27/h3-11,14,16H,1-2,12-13,15H2,(H,26,28). The highest BCUT2D eigenvalue weighted by molar-refractivity contribution is 5.95. The van der Waals surface area contributed by atoms with Gasteiger partial charge < -0.3 is 10.2 Å². The SMILES string of the molecule is O=C(NCc1ccc(F)cc1)c1cccc(-c2ccc(N3CCCC3)nc2)c1. The lowest BCUT2D eigenvalue weighted by Gasteiger charge is -2.16. The first-order valence-corrected chi connectivity index (χ1v) is 9.53. The van der Waals surface area contributed by atoms with Crippen molar-refractivity contribution in [3.05, 3.63) is 83.8 Å². The molecule has 1 aromatic heterocycles. The monoisotopic (exact) mass is 375 g/mol. The summed E-state index contributed by atoms with van der Waals surface area (Å²) in [5.74, 6) is 0.564. The van der Waals surface area contributed by atoms with Crippen molar-refractivity contribution in [1.29, 1.82) is 0 Å². The van der Waals surface area contributed by atoms with Crippen molar-refractivity contribution in [3.8, 4) is 11.1 Å². The molecule has 28 heavy (non-hydrogen) atoms. The van der Waals surface area contributed by atoms with Crippen LogP contribution in [-0.2, 0) is 6.54 Å². The predicted molar refractivity (Wildman–Crippen MR) is 109 cm³/mol. The molecule has 0 unspecified atom stereocenters. The number of rotatable bonds is 5. The van der Waals surface area contributed by atoms with Gasteiger partial charge >= 0.3 is 0 Å². The number of anilines is 1. The van der Waals surface area contributed by atoms with Crippen LogP contribution in [0.5, 0.6) is 0 Å². The molecular weight excluding hydrogens is 353 g/mol. The molecule has 1 saturated heterocycles. The third-order valence-corrected chi connectivity index (χ3v) is 5.00. The second-order valence-corrected chi connectivity index (χ2v) is 6.99. The van der Waals surface area contributed by atoms with E-state index in [1.54, 1.807) is 18.2 Å². The molecule has 0 atom stereocenters. The predicted octanol–water partition coefficient (Wildman–Crippen LogP) is 4.42. The molecule has 1 fully saturated rings. The highest BCUT2D eigenvalue weighted by Gasteiger charge is 2.13. The number of carbonyl (C=O) groups excluding carboxylic acids is 1. The van der Waals surface area contributed by atoms with Crippen LogP contribution in [0.25, 0.3) is 11.1 Å². The summed E-state index contributed by atoms with van der Waals surface area (Å²) in [6.07, 6.45) is 4.31. The van der Waals surface area contributed by atoms with Crippen molar-refractivity contribution in [1.82, 2.24) is 10.3 Å². The Kier molecular flexibility index (Phi) is 5.33. The van der Waals surface area contributed by atoms with Crippen LogP contribution < -0.4 is 10.2 Å². The summed E-state index contributed by atoms with van der Waals surface area (Å²) in [6, 6.07) is 17.7. The molecule has 4 nitrogen and oxygen atoms in total. The van der Waals surface area contributed by atoms with Crippen LogP contribution in [0.1, 0.15) is 28.8 Å². The Balaban J connectivity index is 1.44. The lowest BCUT2D eigenvalue weighted by atomic mass is 10.0. The molecule has 0 radical (unpaired) electrons. The highest BCUT2D eigenvalue weighted by Crippen LogP contribution is 2.23. The number of carbonyl (C=O) groups is 1. The summed E-state index contributed by atoms with van der Waals surface area (Å²) in [4.78, 5) is 19.4. The van der Waals surface area contributed by atoms with E-state index >= 15 is 0 Å². The maximum Gasteiger partial charge on any atom is 0.251 e. The fourth-order valence-electron chi connectivity index (χ4n) is 3.42. The lowest BCUT2D eigenvalue weighted by molar-refractivity contribution is 0.0951. The minimum absolute atomic E-state index is 0.159. The van der Waals surface area contributed by atoms with E-state index in [0.717, 1.165) is 35.6 Å². The molecule has 0 aliphatic carbocycles. The minimum atomic E-state index is -0.285. The molecule has 1 N–H and O–H groups in total. The van der Waals surface area contributed by atoms with Gasteiger partial charge in [0.1, 0.15) is 11.6 Å². The summed E-state index contributed by atoms with van der Waals surface area (Å²) in [7, 11) is 0. The van der Waals surface area contributed by atoms with Crippen LogP contribution in [0, 0.1) is 5.82 Å². The van der Waals surface area contributed by atoms with Crippen molar-refractivity contribution in [3.63, 3.8) is 0 Å². The molecule has 4 rings (SSSR count). The van der Waals surface area contributed by atoms with Crippen LogP contribution in [0.3, 0.4) is 0 Å². The van der Waals surface area contributed by atoms with Gasteiger partial charge in [-0.25, -0.2) is 9.37 Å². The fourth-order valence-corrected chi connectivity index (χ4v) is 3.42. The van der Waals surface area contributed by atoms with Gasteiger partial charge in [0.25, 0.3) is 5.91 Å². The first kappa shape index (κ1) is 18.2. The molecule has 2 heterocycles. The Morgan fingerprint density at radius 1 is 1.00 bits per heavy atom. The number of nitrogens with one attached hydrogen (secondary N) is 1. The number of hydrogen-bond donors (Lipinski definition) is 1. The zero-order valence-electron chi connectivity index (χ0n) is 15.6. The van der Waals surface area contributed by atoms with Crippen LogP contribution >= 0.6 is 0 Å². The minimum Gasteiger partial charge on any atom is -0.357 e. The number of halogens is 1. The fraction of sp³-hybridized carbons (Fsp3) is 0.217. The first-order chi connectivity index (χ1) is 13.7. The average molecular weight is 375 g/mol. The van der Waals surface area contributed by atoms with Gasteiger partial charge in [0.05, 0.1) is 0 Å². The molecule has 1 aliphatic heterocycles. The number of benzene rings is 2. The maximum atomic E-state index is 13.0. The first-order valence-electron chi connectivity index (χ1n) is 9.53. The van der Waals surface area contributed by atoms with E-state index in [1.807, 2.05) is 30.5 Å². The van der Waals surface area contributed by atoms with Gasteiger partial charge in [-0.2, -0.15) is 0 Å². The van der Waals surface area contributed by atoms with Gasteiger partial charge in [0.15, 0.2) is 0 Å². The molecule has 0 saturated carbocycles. The van der Waals surface area contributed by atoms with Gasteiger partial charge in [0.2, 0.25) is 0 Å². The van der Waals surface area contributed by atoms with Crippen molar-refractivity contribution >= 4 is 11.7 Å². The Hall–Kier alpha value is -3.21. The van der Waals surface area contributed by atoms with E-state index in [4.69, 9.17) is 0 Å². The second-order valence-electron chi connectivity index (χ2n) is 6.99. The normalized spacial score (nSPS) is 13.5. The number of amides is 1. The van der Waals surface area contributed by atoms with Crippen LogP contribution in [0.4, 0.5) is 10.2 Å². The summed E-state index contributed by atoms with van der Waals surface area (Å²) >= 11 is 0. The van der Waals surface area contributed by atoms with Crippen LogP contribution in [0.2, 0.25) is 0 Å². The van der Waals surface area contributed by atoms with Crippen molar-refractivity contribution < 1.29 is 9.18 Å². The number of aromatic nitrogens is 1. The average Bonchev–Trinajstić information content (AvgIpc) is 3.28. The third kappa shape index (κ3) is 4.19. The Morgan fingerprint density at radius 2 is 1.79 bits per heavy atom. The van der Waals surface area contributed by atoms with Crippen LogP contribution in [0.15, 0.2) is 66.9 Å². The molecular formula is C23H22FN3O. The summed E-state index contributed by atoms with van der Waals surface area (Å²) in [5, 5.41) is 2.88. The van der Waals surface area contributed by atoms with Crippen molar-refractivity contribution in [2.45, 2.75) is 19.4 Å². The quantitative estimate of drug-likeness (QED) is 0.718. The molecule has 3 aromatic rings. The smallest absolute Gasteiger partial charge is 0.251 e. The summed E-state index contributed by atoms with van der Waals surface area (Å²) in [6.45, 7) is 2.49. The number of nitrogens with zero attached hydrogens (tertiary/aromatic N) is 2. The molecule has 1 amide bonds. The van der Waals surface area contributed by atoms with E-state index in [2.05, 4.69) is 21.3 Å². The van der Waals surface area contributed by atoms with Gasteiger partial charge in [-0.3, -0.25) is 4.79 Å². The van der Waals surface area contributed by atoms with Crippen molar-refractivity contribution in [2.24, 2.45) is 0 Å². The Morgan fingerprint density at radius 3 is 2.50 bits per heavy atom. The molecule has 142 valence electrons. The summed E-state index contributed by atoms with van der Waals surface area (Å²) < 4.78 is 13.0. The van der Waals surface area contributed by atoms with E-state index in [-0.39, 0.29) is 11.7 Å². The Labute approximate surface area is 164 Å². The van der Waals surface area contributed by atoms with Gasteiger partial charge in [-0.05, 0) is 60.4 Å². The van der Waals surface area contributed by atoms with E-state index in [0.29, 0.717) is 12.1 Å². The van der Waals surface area contributed by atoms with Gasteiger partial charge in [0, 0.05) is 37.0 Å². The number of hydrogen-bond acceptors (Lipinski definition) is 3. The molecule has 2 aromatic carbocycles. The topological polar surface area (TPSA) is 45.2 Å².